The highest BCUT2D eigenvalue weighted by Gasteiger charge is 2.18. The van der Waals surface area contributed by atoms with E-state index in [-0.39, 0.29) is 5.69 Å². The molecule has 1 aromatic carbocycles. The molecule has 0 aliphatic rings. The zero-order valence-corrected chi connectivity index (χ0v) is 15.0. The summed E-state index contributed by atoms with van der Waals surface area (Å²) < 4.78 is 4.88. The van der Waals surface area contributed by atoms with Crippen molar-refractivity contribution in [3.8, 4) is 10.6 Å². The third-order valence-electron chi connectivity index (χ3n) is 2.81. The minimum absolute atomic E-state index is 0.121. The molecule has 0 bridgehead atoms. The summed E-state index contributed by atoms with van der Waals surface area (Å²) in [5.41, 5.74) is 0.536. The second-order valence-corrected chi connectivity index (χ2v) is 7.09. The molecule has 0 atom stereocenters. The van der Waals surface area contributed by atoms with E-state index in [0.29, 0.717) is 5.01 Å². The number of aromatic nitrogens is 1. The van der Waals surface area contributed by atoms with E-state index in [1.54, 1.807) is 26.2 Å². The van der Waals surface area contributed by atoms with E-state index in [9.17, 15) is 14.4 Å². The number of esters is 1. The molecular formula is C17H19N3O4S. The monoisotopic (exact) mass is 361 g/mol. The molecule has 8 heteroatoms. The van der Waals surface area contributed by atoms with Crippen LogP contribution in [0.25, 0.3) is 10.6 Å². The fraction of sp³-hybridized carbons (Fsp3) is 0.294. The molecule has 0 spiro atoms. The predicted molar refractivity (Wildman–Crippen MR) is 94.3 cm³/mol. The minimum Gasteiger partial charge on any atom is -0.451 e. The highest BCUT2D eigenvalue weighted by Crippen LogP contribution is 2.23. The van der Waals surface area contributed by atoms with Gasteiger partial charge in [0.05, 0.1) is 0 Å². The largest absolute Gasteiger partial charge is 0.451 e. The fourth-order valence-corrected chi connectivity index (χ4v) is 2.62. The number of thiazole rings is 1. The molecule has 1 aromatic heterocycles. The third kappa shape index (κ3) is 6.00. The molecule has 2 N–H and O–H groups in total. The van der Waals surface area contributed by atoms with Gasteiger partial charge in [0.25, 0.3) is 5.91 Å². The number of urea groups is 1. The highest BCUT2D eigenvalue weighted by molar-refractivity contribution is 7.13. The number of carbonyl (C=O) groups excluding carboxylic acids is 3. The number of hydrogen-bond acceptors (Lipinski definition) is 6. The van der Waals surface area contributed by atoms with Crippen LogP contribution in [-0.2, 0) is 9.53 Å². The molecule has 25 heavy (non-hydrogen) atoms. The predicted octanol–water partition coefficient (Wildman–Crippen LogP) is 2.59. The highest BCUT2D eigenvalue weighted by atomic mass is 32.1. The van der Waals surface area contributed by atoms with Gasteiger partial charge in [0.2, 0.25) is 0 Å². The van der Waals surface area contributed by atoms with Crippen LogP contribution in [0.15, 0.2) is 35.7 Å². The number of amides is 3. The molecule has 0 unspecified atom stereocenters. The molecule has 2 aromatic rings. The first-order valence-corrected chi connectivity index (χ1v) is 8.42. The van der Waals surface area contributed by atoms with Gasteiger partial charge in [-0.25, -0.2) is 14.6 Å². The number of nitrogens with zero attached hydrogens (tertiary/aromatic N) is 1. The van der Waals surface area contributed by atoms with Crippen LogP contribution in [0.3, 0.4) is 0 Å². The maximum atomic E-state index is 11.9. The lowest BCUT2D eigenvalue weighted by atomic mass is 10.1. The lowest BCUT2D eigenvalue weighted by Gasteiger charge is -2.20. The standard InChI is InChI=1S/C17H19N3O4S/c1-17(2,3)20-16(23)19-13(21)9-24-15(22)12-10-25-14(18-12)11-7-5-4-6-8-11/h4-8,10H,9H2,1-3H3,(H2,19,20,21,23). The molecule has 0 fully saturated rings. The van der Waals surface area contributed by atoms with Crippen LogP contribution in [0.4, 0.5) is 4.79 Å². The summed E-state index contributed by atoms with van der Waals surface area (Å²) in [5.74, 6) is -1.43. The normalized spacial score (nSPS) is 10.8. The number of benzene rings is 1. The molecule has 0 aliphatic carbocycles. The van der Waals surface area contributed by atoms with Crippen LogP contribution in [0.1, 0.15) is 31.3 Å². The fourth-order valence-electron chi connectivity index (χ4n) is 1.82. The Balaban J connectivity index is 1.85. The molecule has 1 heterocycles. The van der Waals surface area contributed by atoms with Crippen molar-refractivity contribution in [1.82, 2.24) is 15.6 Å². The summed E-state index contributed by atoms with van der Waals surface area (Å²) >= 11 is 1.31. The second kappa shape index (κ2) is 7.89. The Kier molecular flexibility index (Phi) is 5.87. The summed E-state index contributed by atoms with van der Waals surface area (Å²) in [7, 11) is 0. The molecule has 3 amide bonds. The Morgan fingerprint density at radius 1 is 1.16 bits per heavy atom. The van der Waals surface area contributed by atoms with Gasteiger partial charge in [-0.15, -0.1) is 11.3 Å². The Morgan fingerprint density at radius 3 is 2.48 bits per heavy atom. The van der Waals surface area contributed by atoms with E-state index in [0.717, 1.165) is 5.56 Å². The van der Waals surface area contributed by atoms with Crippen molar-refractivity contribution in [2.45, 2.75) is 26.3 Å². The zero-order valence-electron chi connectivity index (χ0n) is 14.2. The van der Waals surface area contributed by atoms with Crippen LogP contribution >= 0.6 is 11.3 Å². The van der Waals surface area contributed by atoms with Gasteiger partial charge in [0.1, 0.15) is 5.01 Å². The van der Waals surface area contributed by atoms with E-state index in [2.05, 4.69) is 15.6 Å². The smallest absolute Gasteiger partial charge is 0.358 e. The van der Waals surface area contributed by atoms with Gasteiger partial charge in [-0.1, -0.05) is 30.3 Å². The van der Waals surface area contributed by atoms with Gasteiger partial charge in [-0.2, -0.15) is 0 Å². The van der Waals surface area contributed by atoms with Crippen LogP contribution in [0.2, 0.25) is 0 Å². The van der Waals surface area contributed by atoms with Crippen LogP contribution in [0, 0.1) is 0 Å². The van der Waals surface area contributed by atoms with Gasteiger partial charge in [-0.3, -0.25) is 10.1 Å². The number of rotatable bonds is 4. The van der Waals surface area contributed by atoms with Crippen LogP contribution < -0.4 is 10.6 Å². The minimum atomic E-state index is -0.718. The van der Waals surface area contributed by atoms with Gasteiger partial charge in [0.15, 0.2) is 12.3 Å². The summed E-state index contributed by atoms with van der Waals surface area (Å²) in [6.45, 7) is 4.78. The summed E-state index contributed by atoms with van der Waals surface area (Å²) in [5, 5.41) is 6.91. The molecule has 132 valence electrons. The molecule has 7 nitrogen and oxygen atoms in total. The SMILES string of the molecule is CC(C)(C)NC(=O)NC(=O)COC(=O)c1csc(-c2ccccc2)n1. The molecular weight excluding hydrogens is 342 g/mol. The van der Waals surface area contributed by atoms with Gasteiger partial charge in [-0.05, 0) is 20.8 Å². The summed E-state index contributed by atoms with van der Waals surface area (Å²) in [6, 6.07) is 8.77. The number of hydrogen-bond donors (Lipinski definition) is 2. The third-order valence-corrected chi connectivity index (χ3v) is 3.70. The Morgan fingerprint density at radius 2 is 1.84 bits per heavy atom. The van der Waals surface area contributed by atoms with E-state index in [1.165, 1.54) is 11.3 Å². The van der Waals surface area contributed by atoms with E-state index >= 15 is 0 Å². The van der Waals surface area contributed by atoms with E-state index in [4.69, 9.17) is 4.74 Å². The number of carbonyl (C=O) groups is 3. The molecule has 0 saturated heterocycles. The number of imide groups is 1. The summed E-state index contributed by atoms with van der Waals surface area (Å²) in [6.07, 6.45) is 0. The Bertz CT molecular complexity index is 766. The van der Waals surface area contributed by atoms with Gasteiger partial charge in [0, 0.05) is 16.5 Å². The lowest BCUT2D eigenvalue weighted by Crippen LogP contribution is -2.49. The van der Waals surface area contributed by atoms with Crippen molar-refractivity contribution in [2.24, 2.45) is 0 Å². The van der Waals surface area contributed by atoms with Crippen molar-refractivity contribution >= 4 is 29.2 Å². The van der Waals surface area contributed by atoms with Gasteiger partial charge < -0.3 is 10.1 Å². The van der Waals surface area contributed by atoms with Gasteiger partial charge >= 0.3 is 12.0 Å². The quantitative estimate of drug-likeness (QED) is 0.816. The Hall–Kier alpha value is -2.74. The molecule has 0 radical (unpaired) electrons. The van der Waals surface area contributed by atoms with Crippen LogP contribution in [-0.4, -0.2) is 35.0 Å². The first-order chi connectivity index (χ1) is 11.7. The van der Waals surface area contributed by atoms with E-state index < -0.39 is 30.1 Å². The molecule has 2 rings (SSSR count). The maximum Gasteiger partial charge on any atom is 0.358 e. The molecule has 0 aliphatic heterocycles. The van der Waals surface area contributed by atoms with Crippen molar-refractivity contribution in [3.63, 3.8) is 0 Å². The second-order valence-electron chi connectivity index (χ2n) is 6.23. The van der Waals surface area contributed by atoms with E-state index in [1.807, 2.05) is 30.3 Å². The first-order valence-electron chi connectivity index (χ1n) is 7.55. The molecule has 0 saturated carbocycles. The lowest BCUT2D eigenvalue weighted by molar-refractivity contribution is -0.123. The van der Waals surface area contributed by atoms with Crippen molar-refractivity contribution in [3.05, 3.63) is 41.4 Å². The van der Waals surface area contributed by atoms with Crippen molar-refractivity contribution < 1.29 is 19.1 Å². The number of nitrogens with one attached hydrogen (secondary N) is 2. The van der Waals surface area contributed by atoms with Crippen molar-refractivity contribution in [1.29, 1.82) is 0 Å². The maximum absolute atomic E-state index is 11.9. The average Bonchev–Trinajstić information content (AvgIpc) is 3.01. The topological polar surface area (TPSA) is 97.4 Å². The first kappa shape index (κ1) is 18.6. The number of ether oxygens (including phenoxy) is 1. The van der Waals surface area contributed by atoms with Crippen LogP contribution in [0.5, 0.6) is 0 Å². The average molecular weight is 361 g/mol. The Labute approximate surface area is 149 Å². The van der Waals surface area contributed by atoms with Crippen molar-refractivity contribution in [2.75, 3.05) is 6.61 Å². The zero-order chi connectivity index (χ0) is 18.4. The summed E-state index contributed by atoms with van der Waals surface area (Å²) in [4.78, 5) is 39.3.